The Bertz CT molecular complexity index is 617. The lowest BCUT2D eigenvalue weighted by molar-refractivity contribution is -0.00557. The number of carbonyl (C=O) groups excluding carboxylic acids is 1. The average Bonchev–Trinajstić information content (AvgIpc) is 2.81. The van der Waals surface area contributed by atoms with E-state index in [0.717, 1.165) is 10.9 Å². The van der Waals surface area contributed by atoms with Gasteiger partial charge in [0.25, 0.3) is 0 Å². The van der Waals surface area contributed by atoms with Crippen LogP contribution in [0.25, 0.3) is 10.9 Å². The SMILES string of the molecule is COC(C)(C)CCOC(=O)c1c[nH]c2cc(N)ccc12. The van der Waals surface area contributed by atoms with E-state index in [1.165, 1.54) is 0 Å². The molecular formula is C15H20N2O3. The Morgan fingerprint density at radius 2 is 2.15 bits per heavy atom. The summed E-state index contributed by atoms with van der Waals surface area (Å²) in [6.07, 6.45) is 2.29. The predicted octanol–water partition coefficient (Wildman–Crippen LogP) is 2.72. The number of H-pyrrole nitrogens is 1. The second kappa shape index (κ2) is 5.54. The predicted molar refractivity (Wildman–Crippen MR) is 78.7 cm³/mol. The molecule has 1 aromatic carbocycles. The zero-order valence-corrected chi connectivity index (χ0v) is 12.0. The van der Waals surface area contributed by atoms with Crippen LogP contribution < -0.4 is 5.73 Å². The molecule has 0 aliphatic rings. The summed E-state index contributed by atoms with van der Waals surface area (Å²) in [5.74, 6) is -0.340. The van der Waals surface area contributed by atoms with Crippen LogP contribution >= 0.6 is 0 Å². The fourth-order valence-corrected chi connectivity index (χ4v) is 1.88. The van der Waals surface area contributed by atoms with E-state index in [1.807, 2.05) is 19.9 Å². The van der Waals surface area contributed by atoms with Gasteiger partial charge in [-0.05, 0) is 32.0 Å². The summed E-state index contributed by atoms with van der Waals surface area (Å²) in [5, 5.41) is 0.815. The largest absolute Gasteiger partial charge is 0.462 e. The summed E-state index contributed by atoms with van der Waals surface area (Å²) in [6.45, 7) is 4.23. The molecule has 0 bridgehead atoms. The summed E-state index contributed by atoms with van der Waals surface area (Å²) in [4.78, 5) is 15.1. The number of aromatic amines is 1. The smallest absolute Gasteiger partial charge is 0.340 e. The quantitative estimate of drug-likeness (QED) is 0.650. The van der Waals surface area contributed by atoms with Gasteiger partial charge in [-0.25, -0.2) is 4.79 Å². The summed E-state index contributed by atoms with van der Waals surface area (Å²) in [5.41, 5.74) is 7.41. The Balaban J connectivity index is 2.05. The van der Waals surface area contributed by atoms with Crippen LogP contribution in [0.4, 0.5) is 5.69 Å². The molecule has 2 aromatic rings. The molecule has 20 heavy (non-hydrogen) atoms. The summed E-state index contributed by atoms with van der Waals surface area (Å²) < 4.78 is 10.6. The zero-order valence-electron chi connectivity index (χ0n) is 12.0. The van der Waals surface area contributed by atoms with Crippen LogP contribution in [-0.4, -0.2) is 30.3 Å². The maximum Gasteiger partial charge on any atom is 0.340 e. The first-order valence-electron chi connectivity index (χ1n) is 6.52. The third kappa shape index (κ3) is 3.11. The second-order valence-electron chi connectivity index (χ2n) is 5.36. The van der Waals surface area contributed by atoms with Crippen LogP contribution in [0.1, 0.15) is 30.6 Å². The van der Waals surface area contributed by atoms with Crippen molar-refractivity contribution in [3.05, 3.63) is 30.0 Å². The number of hydrogen-bond acceptors (Lipinski definition) is 4. The van der Waals surface area contributed by atoms with Gasteiger partial charge in [-0.1, -0.05) is 0 Å². The van der Waals surface area contributed by atoms with Crippen molar-refractivity contribution < 1.29 is 14.3 Å². The lowest BCUT2D eigenvalue weighted by Crippen LogP contribution is -2.25. The molecule has 1 heterocycles. The molecule has 1 aromatic heterocycles. The third-order valence-electron chi connectivity index (χ3n) is 3.42. The molecule has 5 nitrogen and oxygen atoms in total. The van der Waals surface area contributed by atoms with Crippen LogP contribution in [0.5, 0.6) is 0 Å². The number of aromatic nitrogens is 1. The molecule has 5 heteroatoms. The molecule has 2 rings (SSSR count). The summed E-state index contributed by atoms with van der Waals surface area (Å²) in [6, 6.07) is 5.37. The van der Waals surface area contributed by atoms with E-state index >= 15 is 0 Å². The number of nitrogens with one attached hydrogen (secondary N) is 1. The van der Waals surface area contributed by atoms with Gasteiger partial charge in [-0.2, -0.15) is 0 Å². The standard InChI is InChI=1S/C15H20N2O3/c1-15(2,19-3)6-7-20-14(18)12-9-17-13-8-10(16)4-5-11(12)13/h4-5,8-9,17H,6-7,16H2,1-3H3. The van der Waals surface area contributed by atoms with Gasteiger partial charge >= 0.3 is 5.97 Å². The number of nitrogens with two attached hydrogens (primary N) is 1. The van der Waals surface area contributed by atoms with Gasteiger partial charge in [0.05, 0.1) is 17.8 Å². The van der Waals surface area contributed by atoms with Crippen LogP contribution in [0, 0.1) is 0 Å². The van der Waals surface area contributed by atoms with Crippen LogP contribution in [0.3, 0.4) is 0 Å². The van der Waals surface area contributed by atoms with Crippen molar-refractivity contribution in [1.82, 2.24) is 4.98 Å². The van der Waals surface area contributed by atoms with Crippen LogP contribution in [-0.2, 0) is 9.47 Å². The maximum atomic E-state index is 12.1. The molecule has 0 unspecified atom stereocenters. The molecule has 0 spiro atoms. The van der Waals surface area contributed by atoms with Gasteiger partial charge in [0.1, 0.15) is 0 Å². The van der Waals surface area contributed by atoms with Crippen molar-refractivity contribution in [3.63, 3.8) is 0 Å². The topological polar surface area (TPSA) is 77.3 Å². The number of rotatable bonds is 5. The van der Waals surface area contributed by atoms with E-state index in [1.54, 1.807) is 25.4 Å². The van der Waals surface area contributed by atoms with Gasteiger partial charge in [0, 0.05) is 36.3 Å². The third-order valence-corrected chi connectivity index (χ3v) is 3.42. The highest BCUT2D eigenvalue weighted by molar-refractivity contribution is 6.04. The number of ether oxygens (including phenoxy) is 2. The van der Waals surface area contributed by atoms with E-state index in [2.05, 4.69) is 4.98 Å². The monoisotopic (exact) mass is 276 g/mol. The minimum Gasteiger partial charge on any atom is -0.462 e. The molecule has 0 aliphatic heterocycles. The number of esters is 1. The Hall–Kier alpha value is -2.01. The van der Waals surface area contributed by atoms with Crippen LogP contribution in [0.15, 0.2) is 24.4 Å². The van der Waals surface area contributed by atoms with E-state index in [-0.39, 0.29) is 11.6 Å². The van der Waals surface area contributed by atoms with Crippen LogP contribution in [0.2, 0.25) is 0 Å². The molecule has 0 saturated heterocycles. The first-order valence-corrected chi connectivity index (χ1v) is 6.52. The lowest BCUT2D eigenvalue weighted by atomic mass is 10.1. The normalized spacial score (nSPS) is 11.8. The second-order valence-corrected chi connectivity index (χ2v) is 5.36. The van der Waals surface area contributed by atoms with Crippen molar-refractivity contribution in [2.24, 2.45) is 0 Å². The highest BCUT2D eigenvalue weighted by Crippen LogP contribution is 2.21. The van der Waals surface area contributed by atoms with E-state index in [0.29, 0.717) is 24.3 Å². The van der Waals surface area contributed by atoms with Crippen molar-refractivity contribution in [2.75, 3.05) is 19.5 Å². The maximum absolute atomic E-state index is 12.1. The fraction of sp³-hybridized carbons (Fsp3) is 0.400. The molecule has 0 atom stereocenters. The number of fused-ring (bicyclic) bond motifs is 1. The van der Waals surface area contributed by atoms with Gasteiger partial charge in [-0.3, -0.25) is 0 Å². The Kier molecular flexibility index (Phi) is 3.99. The number of nitrogen functional groups attached to an aromatic ring is 1. The van der Waals surface area contributed by atoms with Gasteiger partial charge < -0.3 is 20.2 Å². The molecule has 0 fully saturated rings. The molecule has 0 saturated carbocycles. The van der Waals surface area contributed by atoms with Crippen molar-refractivity contribution in [3.8, 4) is 0 Å². The molecular weight excluding hydrogens is 256 g/mol. The van der Waals surface area contributed by atoms with E-state index in [4.69, 9.17) is 15.2 Å². The minimum atomic E-state index is -0.340. The molecule has 0 aliphatic carbocycles. The van der Waals surface area contributed by atoms with E-state index < -0.39 is 0 Å². The zero-order chi connectivity index (χ0) is 14.8. The Morgan fingerprint density at radius 3 is 2.85 bits per heavy atom. The fourth-order valence-electron chi connectivity index (χ4n) is 1.88. The average molecular weight is 276 g/mol. The highest BCUT2D eigenvalue weighted by atomic mass is 16.5. The van der Waals surface area contributed by atoms with Crippen molar-refractivity contribution in [1.29, 1.82) is 0 Å². The van der Waals surface area contributed by atoms with E-state index in [9.17, 15) is 4.79 Å². The number of hydrogen-bond donors (Lipinski definition) is 2. The number of anilines is 1. The number of benzene rings is 1. The van der Waals surface area contributed by atoms with Crippen molar-refractivity contribution in [2.45, 2.75) is 25.9 Å². The Morgan fingerprint density at radius 1 is 1.40 bits per heavy atom. The minimum absolute atomic E-state index is 0.297. The van der Waals surface area contributed by atoms with Crippen molar-refractivity contribution >= 4 is 22.6 Å². The molecule has 3 N–H and O–H groups in total. The molecule has 0 amide bonds. The van der Waals surface area contributed by atoms with Gasteiger partial charge in [0.2, 0.25) is 0 Å². The van der Waals surface area contributed by atoms with Gasteiger partial charge in [-0.15, -0.1) is 0 Å². The molecule has 0 radical (unpaired) electrons. The number of methoxy groups -OCH3 is 1. The Labute approximate surface area is 118 Å². The highest BCUT2D eigenvalue weighted by Gasteiger charge is 2.18. The summed E-state index contributed by atoms with van der Waals surface area (Å²) in [7, 11) is 1.64. The first kappa shape index (κ1) is 14.4. The number of carbonyl (C=O) groups is 1. The first-order chi connectivity index (χ1) is 9.43. The van der Waals surface area contributed by atoms with Gasteiger partial charge in [0.15, 0.2) is 0 Å². The molecule has 108 valence electrons. The lowest BCUT2D eigenvalue weighted by Gasteiger charge is -2.22. The summed E-state index contributed by atoms with van der Waals surface area (Å²) >= 11 is 0.